The molecule has 0 saturated heterocycles. The number of nitrogens with zero attached hydrogens (tertiary/aromatic N) is 5. The van der Waals surface area contributed by atoms with Gasteiger partial charge in [0.15, 0.2) is 0 Å². The Kier molecular flexibility index (Phi) is 4.75. The van der Waals surface area contributed by atoms with Crippen molar-refractivity contribution in [2.75, 3.05) is 10.6 Å². The second kappa shape index (κ2) is 8.00. The number of fused-ring (bicyclic) bond motifs is 1. The largest absolute Gasteiger partial charge is 0.340 e. The van der Waals surface area contributed by atoms with Crippen LogP contribution < -0.4 is 10.6 Å². The first-order valence-electron chi connectivity index (χ1n) is 9.60. The first kappa shape index (κ1) is 17.8. The molecule has 0 amide bonds. The van der Waals surface area contributed by atoms with Gasteiger partial charge in [0, 0.05) is 23.5 Å². The van der Waals surface area contributed by atoms with Crippen LogP contribution in [0, 0.1) is 0 Å². The summed E-state index contributed by atoms with van der Waals surface area (Å²) in [5, 5.41) is 12.1. The molecule has 0 spiro atoms. The Morgan fingerprint density at radius 3 is 2.60 bits per heavy atom. The number of nitrogens with one attached hydrogen (secondary N) is 2. The van der Waals surface area contributed by atoms with Gasteiger partial charge in [0.05, 0.1) is 30.1 Å². The fourth-order valence-corrected chi connectivity index (χ4v) is 3.25. The first-order valence-corrected chi connectivity index (χ1v) is 9.60. The molecule has 2 N–H and O–H groups in total. The lowest BCUT2D eigenvalue weighted by molar-refractivity contribution is 0.712. The molecular formula is C23H19N7. The Balaban J connectivity index is 1.34. The van der Waals surface area contributed by atoms with Gasteiger partial charge >= 0.3 is 0 Å². The quantitative estimate of drug-likeness (QED) is 0.433. The summed E-state index contributed by atoms with van der Waals surface area (Å²) in [5.74, 6) is 1.21. The standard InChI is InChI=1S/C23H19N7/c1-2-5-17(6-3-1)16-30-21-9-8-19(13-18(21)14-26-30)27-22-10-12-25-23(29-22)28-20-7-4-11-24-15-20/h1-15H,16H2,(H2,25,27,28,29). The first-order chi connectivity index (χ1) is 14.8. The maximum absolute atomic E-state index is 4.55. The van der Waals surface area contributed by atoms with Gasteiger partial charge in [0.1, 0.15) is 5.82 Å². The molecule has 0 aliphatic rings. The van der Waals surface area contributed by atoms with Crippen molar-refractivity contribution >= 4 is 34.0 Å². The van der Waals surface area contributed by atoms with E-state index in [-0.39, 0.29) is 0 Å². The number of pyridine rings is 1. The van der Waals surface area contributed by atoms with Gasteiger partial charge in [0.25, 0.3) is 0 Å². The lowest BCUT2D eigenvalue weighted by Gasteiger charge is -2.09. The molecule has 7 nitrogen and oxygen atoms in total. The molecule has 5 aromatic rings. The third-order valence-corrected chi connectivity index (χ3v) is 4.66. The van der Waals surface area contributed by atoms with Crippen LogP contribution in [-0.4, -0.2) is 24.7 Å². The van der Waals surface area contributed by atoms with Gasteiger partial charge in [0.2, 0.25) is 5.95 Å². The molecule has 0 atom stereocenters. The van der Waals surface area contributed by atoms with Crippen LogP contribution in [0.15, 0.2) is 91.5 Å². The van der Waals surface area contributed by atoms with E-state index >= 15 is 0 Å². The monoisotopic (exact) mass is 393 g/mol. The molecule has 146 valence electrons. The maximum Gasteiger partial charge on any atom is 0.229 e. The van der Waals surface area contributed by atoms with Gasteiger partial charge in [-0.3, -0.25) is 9.67 Å². The van der Waals surface area contributed by atoms with Crippen molar-refractivity contribution < 1.29 is 0 Å². The predicted octanol–water partition coefficient (Wildman–Crippen LogP) is 4.76. The average Bonchev–Trinajstić information content (AvgIpc) is 3.17. The van der Waals surface area contributed by atoms with Crippen LogP contribution in [0.2, 0.25) is 0 Å². The van der Waals surface area contributed by atoms with Crippen molar-refractivity contribution in [1.29, 1.82) is 0 Å². The number of rotatable bonds is 6. The van der Waals surface area contributed by atoms with Crippen molar-refractivity contribution in [2.24, 2.45) is 0 Å². The van der Waals surface area contributed by atoms with Crippen LogP contribution in [-0.2, 0) is 6.54 Å². The third kappa shape index (κ3) is 3.95. The molecule has 0 radical (unpaired) electrons. The Hall–Kier alpha value is -4.26. The molecule has 2 aromatic carbocycles. The van der Waals surface area contributed by atoms with Crippen molar-refractivity contribution in [3.8, 4) is 0 Å². The molecule has 0 saturated carbocycles. The molecule has 30 heavy (non-hydrogen) atoms. The number of hydrogen-bond acceptors (Lipinski definition) is 6. The van der Waals surface area contributed by atoms with E-state index < -0.39 is 0 Å². The summed E-state index contributed by atoms with van der Waals surface area (Å²) in [7, 11) is 0. The molecule has 3 heterocycles. The second-order valence-electron chi connectivity index (χ2n) is 6.82. The van der Waals surface area contributed by atoms with E-state index in [2.05, 4.69) is 54.9 Å². The molecule has 3 aromatic heterocycles. The molecule has 0 aliphatic heterocycles. The Bertz CT molecular complexity index is 1270. The van der Waals surface area contributed by atoms with E-state index in [4.69, 9.17) is 0 Å². The number of aromatic nitrogens is 5. The van der Waals surface area contributed by atoms with Crippen LogP contribution >= 0.6 is 0 Å². The number of benzene rings is 2. The highest BCUT2D eigenvalue weighted by atomic mass is 15.3. The maximum atomic E-state index is 4.55. The van der Waals surface area contributed by atoms with Crippen LogP contribution in [0.25, 0.3) is 10.9 Å². The predicted molar refractivity (Wildman–Crippen MR) is 118 cm³/mol. The molecule has 5 rings (SSSR count). The zero-order chi connectivity index (χ0) is 20.2. The summed E-state index contributed by atoms with van der Waals surface area (Å²) in [4.78, 5) is 12.9. The Labute approximate surface area is 173 Å². The van der Waals surface area contributed by atoms with E-state index in [0.29, 0.717) is 11.8 Å². The highest BCUT2D eigenvalue weighted by Gasteiger charge is 2.06. The SMILES string of the molecule is c1ccc(Cn2ncc3cc(Nc4ccnc(Nc5cccnc5)n4)ccc32)cc1. The molecule has 0 fully saturated rings. The van der Waals surface area contributed by atoms with E-state index in [1.54, 1.807) is 18.6 Å². The summed E-state index contributed by atoms with van der Waals surface area (Å²) in [6, 6.07) is 22.1. The van der Waals surface area contributed by atoms with Crippen LogP contribution in [0.1, 0.15) is 5.56 Å². The highest BCUT2D eigenvalue weighted by Crippen LogP contribution is 2.23. The lowest BCUT2D eigenvalue weighted by Crippen LogP contribution is -2.01. The van der Waals surface area contributed by atoms with Crippen molar-refractivity contribution in [3.05, 3.63) is 97.1 Å². The zero-order valence-corrected chi connectivity index (χ0v) is 16.1. The Morgan fingerprint density at radius 1 is 0.800 bits per heavy atom. The normalized spacial score (nSPS) is 10.8. The summed E-state index contributed by atoms with van der Waals surface area (Å²) in [6.45, 7) is 0.742. The highest BCUT2D eigenvalue weighted by molar-refractivity contribution is 5.83. The molecular weight excluding hydrogens is 374 g/mol. The molecule has 0 bridgehead atoms. The zero-order valence-electron chi connectivity index (χ0n) is 16.1. The topological polar surface area (TPSA) is 80.5 Å². The van der Waals surface area contributed by atoms with Gasteiger partial charge in [-0.2, -0.15) is 10.1 Å². The van der Waals surface area contributed by atoms with E-state index in [9.17, 15) is 0 Å². The molecule has 0 aliphatic carbocycles. The Morgan fingerprint density at radius 2 is 1.73 bits per heavy atom. The van der Waals surface area contributed by atoms with E-state index in [1.807, 2.05) is 53.3 Å². The number of anilines is 4. The van der Waals surface area contributed by atoms with Gasteiger partial charge in [-0.05, 0) is 42.0 Å². The van der Waals surface area contributed by atoms with Crippen molar-refractivity contribution in [2.45, 2.75) is 6.54 Å². The lowest BCUT2D eigenvalue weighted by atomic mass is 10.2. The van der Waals surface area contributed by atoms with Crippen LogP contribution in [0.3, 0.4) is 0 Å². The van der Waals surface area contributed by atoms with E-state index in [0.717, 1.165) is 28.8 Å². The summed E-state index contributed by atoms with van der Waals surface area (Å²) in [6.07, 6.45) is 7.05. The number of hydrogen-bond donors (Lipinski definition) is 2. The van der Waals surface area contributed by atoms with Gasteiger partial charge in [-0.15, -0.1) is 0 Å². The summed E-state index contributed by atoms with van der Waals surface area (Å²) < 4.78 is 2.01. The summed E-state index contributed by atoms with van der Waals surface area (Å²) >= 11 is 0. The fourth-order valence-electron chi connectivity index (χ4n) is 3.25. The molecule has 7 heteroatoms. The molecule has 0 unspecified atom stereocenters. The smallest absolute Gasteiger partial charge is 0.229 e. The van der Waals surface area contributed by atoms with Gasteiger partial charge in [-0.25, -0.2) is 4.98 Å². The fraction of sp³-hybridized carbons (Fsp3) is 0.0435. The van der Waals surface area contributed by atoms with Gasteiger partial charge in [-0.1, -0.05) is 30.3 Å². The average molecular weight is 393 g/mol. The van der Waals surface area contributed by atoms with Crippen molar-refractivity contribution in [1.82, 2.24) is 24.7 Å². The van der Waals surface area contributed by atoms with Crippen molar-refractivity contribution in [3.63, 3.8) is 0 Å². The van der Waals surface area contributed by atoms with Crippen LogP contribution in [0.5, 0.6) is 0 Å². The minimum absolute atomic E-state index is 0.504. The van der Waals surface area contributed by atoms with Gasteiger partial charge < -0.3 is 10.6 Å². The minimum Gasteiger partial charge on any atom is -0.340 e. The van der Waals surface area contributed by atoms with Crippen LogP contribution in [0.4, 0.5) is 23.1 Å². The second-order valence-corrected chi connectivity index (χ2v) is 6.82. The minimum atomic E-state index is 0.504. The third-order valence-electron chi connectivity index (χ3n) is 4.66. The summed E-state index contributed by atoms with van der Waals surface area (Å²) in [5.41, 5.74) is 4.08. The van der Waals surface area contributed by atoms with E-state index in [1.165, 1.54) is 5.56 Å².